The Morgan fingerprint density at radius 3 is 2.77 bits per heavy atom. The smallest absolute Gasteiger partial charge is 0.316 e. The van der Waals surface area contributed by atoms with Crippen molar-refractivity contribution in [2.75, 3.05) is 24.9 Å². The molecule has 1 aliphatic rings. The van der Waals surface area contributed by atoms with Gasteiger partial charge in [0.2, 0.25) is 5.82 Å². The first-order chi connectivity index (χ1) is 14.4. The van der Waals surface area contributed by atoms with Crippen LogP contribution in [0, 0.1) is 6.92 Å². The van der Waals surface area contributed by atoms with Gasteiger partial charge in [-0.05, 0) is 43.5 Å². The van der Waals surface area contributed by atoms with E-state index in [2.05, 4.69) is 14.9 Å². The second-order valence-corrected chi connectivity index (χ2v) is 9.71. The first-order valence-electron chi connectivity index (χ1n) is 9.27. The van der Waals surface area contributed by atoms with Gasteiger partial charge < -0.3 is 14.2 Å². The summed E-state index contributed by atoms with van der Waals surface area (Å²) in [5, 5.41) is 5.44. The van der Waals surface area contributed by atoms with E-state index in [0.29, 0.717) is 30.1 Å². The first kappa shape index (κ1) is 20.4. The number of likely N-dealkylation sites (tertiary alicyclic amines) is 1. The fourth-order valence-corrected chi connectivity index (χ4v) is 5.37. The van der Waals surface area contributed by atoms with E-state index in [1.807, 2.05) is 13.0 Å². The highest BCUT2D eigenvalue weighted by molar-refractivity contribution is 7.94. The Morgan fingerprint density at radius 2 is 2.03 bits per heavy atom. The number of amides is 1. The van der Waals surface area contributed by atoms with Crippen LogP contribution in [0.3, 0.4) is 0 Å². The number of aromatic nitrogens is 2. The number of nitrogens with one attached hydrogen (secondary N) is 1. The number of rotatable bonds is 6. The lowest BCUT2D eigenvalue weighted by Crippen LogP contribution is -2.27. The number of benzene rings is 1. The van der Waals surface area contributed by atoms with Crippen molar-refractivity contribution >= 4 is 33.0 Å². The summed E-state index contributed by atoms with van der Waals surface area (Å²) in [4.78, 5) is 18.2. The molecule has 0 unspecified atom stereocenters. The van der Waals surface area contributed by atoms with Crippen LogP contribution in [0.4, 0.5) is 5.69 Å². The second kappa shape index (κ2) is 8.07. The minimum absolute atomic E-state index is 0.0817. The van der Waals surface area contributed by atoms with Gasteiger partial charge in [-0.1, -0.05) is 11.2 Å². The molecule has 0 saturated carbocycles. The Kier molecular flexibility index (Phi) is 5.48. The summed E-state index contributed by atoms with van der Waals surface area (Å²) in [6.45, 7) is 3.20. The molecule has 1 aliphatic heterocycles. The Balaban J connectivity index is 1.55. The van der Waals surface area contributed by atoms with Crippen molar-refractivity contribution in [3.8, 4) is 17.1 Å². The standard InChI is InChI=1S/C19H20N4O5S2/c1-12-5-6-15(27-2)14(9-12)22-30(25,26)16-10-13(11-29-16)17-20-18(28-21-17)19(24)23-7-3-4-8-23/h5-6,9-11,22H,3-4,7-8H2,1-2H3. The zero-order valence-electron chi connectivity index (χ0n) is 16.4. The summed E-state index contributed by atoms with van der Waals surface area (Å²) < 4.78 is 38.6. The molecule has 9 nitrogen and oxygen atoms in total. The molecule has 30 heavy (non-hydrogen) atoms. The maximum atomic E-state index is 12.8. The van der Waals surface area contributed by atoms with E-state index in [4.69, 9.17) is 9.26 Å². The number of ether oxygens (including phenoxy) is 1. The molecule has 11 heteroatoms. The van der Waals surface area contributed by atoms with Crippen LogP contribution >= 0.6 is 11.3 Å². The predicted octanol–water partition coefficient (Wildman–Crippen LogP) is 3.15. The maximum absolute atomic E-state index is 12.8. The molecule has 1 aromatic carbocycles. The molecule has 3 aromatic rings. The van der Waals surface area contributed by atoms with Gasteiger partial charge in [-0.3, -0.25) is 9.52 Å². The Morgan fingerprint density at radius 1 is 1.27 bits per heavy atom. The van der Waals surface area contributed by atoms with E-state index in [0.717, 1.165) is 29.7 Å². The lowest BCUT2D eigenvalue weighted by atomic mass is 10.2. The molecule has 3 heterocycles. The average Bonchev–Trinajstić information content (AvgIpc) is 3.48. The lowest BCUT2D eigenvalue weighted by molar-refractivity contribution is 0.0743. The largest absolute Gasteiger partial charge is 0.495 e. The normalized spacial score (nSPS) is 14.1. The molecule has 1 saturated heterocycles. The van der Waals surface area contributed by atoms with Crippen molar-refractivity contribution in [1.29, 1.82) is 0 Å². The summed E-state index contributed by atoms with van der Waals surface area (Å²) in [5.41, 5.74) is 1.70. The van der Waals surface area contributed by atoms with Gasteiger partial charge in [0.05, 0.1) is 12.8 Å². The van der Waals surface area contributed by atoms with Gasteiger partial charge in [0, 0.05) is 24.0 Å². The van der Waals surface area contributed by atoms with Crippen LogP contribution in [0.2, 0.25) is 0 Å². The van der Waals surface area contributed by atoms with Crippen molar-refractivity contribution in [3.05, 3.63) is 41.1 Å². The number of sulfonamides is 1. The second-order valence-electron chi connectivity index (χ2n) is 6.89. The Bertz CT molecular complexity index is 1180. The molecule has 4 rings (SSSR count). The van der Waals surface area contributed by atoms with Gasteiger partial charge in [0.25, 0.3) is 10.0 Å². The third-order valence-electron chi connectivity index (χ3n) is 4.70. The summed E-state index contributed by atoms with van der Waals surface area (Å²) in [7, 11) is -2.37. The highest BCUT2D eigenvalue weighted by atomic mass is 32.2. The van der Waals surface area contributed by atoms with Crippen molar-refractivity contribution in [3.63, 3.8) is 0 Å². The third kappa shape index (κ3) is 4.03. The molecule has 0 radical (unpaired) electrons. The van der Waals surface area contributed by atoms with Crippen LogP contribution in [0.1, 0.15) is 29.1 Å². The molecule has 1 amide bonds. The van der Waals surface area contributed by atoms with E-state index in [1.165, 1.54) is 13.2 Å². The first-order valence-corrected chi connectivity index (χ1v) is 11.6. The van der Waals surface area contributed by atoms with E-state index < -0.39 is 10.0 Å². The summed E-state index contributed by atoms with van der Waals surface area (Å²) >= 11 is 1.02. The van der Waals surface area contributed by atoms with Crippen LogP contribution in [-0.2, 0) is 10.0 Å². The number of aryl methyl sites for hydroxylation is 1. The van der Waals surface area contributed by atoms with Crippen LogP contribution < -0.4 is 9.46 Å². The minimum Gasteiger partial charge on any atom is -0.495 e. The Hall–Kier alpha value is -2.92. The number of nitrogens with zero attached hydrogens (tertiary/aromatic N) is 3. The quantitative estimate of drug-likeness (QED) is 0.616. The third-order valence-corrected chi connectivity index (χ3v) is 7.51. The fraction of sp³-hybridized carbons (Fsp3) is 0.316. The number of carbonyl (C=O) groups excluding carboxylic acids is 1. The van der Waals surface area contributed by atoms with Crippen LogP contribution in [-0.4, -0.2) is 49.6 Å². The number of methoxy groups -OCH3 is 1. The van der Waals surface area contributed by atoms with Crippen molar-refractivity contribution in [1.82, 2.24) is 15.0 Å². The van der Waals surface area contributed by atoms with E-state index >= 15 is 0 Å². The van der Waals surface area contributed by atoms with E-state index in [9.17, 15) is 13.2 Å². The molecule has 158 valence electrons. The Labute approximate surface area is 177 Å². The van der Waals surface area contributed by atoms with E-state index in [1.54, 1.807) is 22.4 Å². The van der Waals surface area contributed by atoms with Gasteiger partial charge >= 0.3 is 11.8 Å². The molecule has 1 fully saturated rings. The highest BCUT2D eigenvalue weighted by Crippen LogP contribution is 2.31. The number of thiophene rings is 1. The van der Waals surface area contributed by atoms with Crippen molar-refractivity contribution in [2.24, 2.45) is 0 Å². The van der Waals surface area contributed by atoms with Gasteiger partial charge in [-0.25, -0.2) is 8.42 Å². The van der Waals surface area contributed by atoms with Crippen molar-refractivity contribution in [2.45, 2.75) is 24.0 Å². The average molecular weight is 449 g/mol. The van der Waals surface area contributed by atoms with Crippen LogP contribution in [0.15, 0.2) is 38.4 Å². The maximum Gasteiger partial charge on any atom is 0.316 e. The summed E-state index contributed by atoms with van der Waals surface area (Å²) in [6, 6.07) is 6.67. The fourth-order valence-electron chi connectivity index (χ4n) is 3.15. The molecular weight excluding hydrogens is 428 g/mol. The van der Waals surface area contributed by atoms with Gasteiger partial charge in [-0.2, -0.15) is 4.98 Å². The van der Waals surface area contributed by atoms with Gasteiger partial charge in [-0.15, -0.1) is 11.3 Å². The number of hydrogen-bond acceptors (Lipinski definition) is 8. The number of carbonyl (C=O) groups is 1. The zero-order valence-corrected chi connectivity index (χ0v) is 18.0. The number of anilines is 1. The van der Waals surface area contributed by atoms with Gasteiger partial charge in [0.1, 0.15) is 9.96 Å². The summed E-state index contributed by atoms with van der Waals surface area (Å²) in [5.74, 6) is 0.195. The van der Waals surface area contributed by atoms with Crippen LogP contribution in [0.5, 0.6) is 5.75 Å². The molecular formula is C19H20N4O5S2. The number of hydrogen-bond donors (Lipinski definition) is 1. The highest BCUT2D eigenvalue weighted by Gasteiger charge is 2.26. The van der Waals surface area contributed by atoms with Gasteiger partial charge in [0.15, 0.2) is 0 Å². The van der Waals surface area contributed by atoms with Crippen LogP contribution in [0.25, 0.3) is 11.4 Å². The predicted molar refractivity (Wildman–Crippen MR) is 111 cm³/mol. The van der Waals surface area contributed by atoms with Crippen molar-refractivity contribution < 1.29 is 22.5 Å². The minimum atomic E-state index is -3.85. The zero-order chi connectivity index (χ0) is 21.3. The molecule has 1 N–H and O–H groups in total. The molecule has 0 bridgehead atoms. The molecule has 0 aliphatic carbocycles. The SMILES string of the molecule is COc1ccc(C)cc1NS(=O)(=O)c1cc(-c2noc(C(=O)N3CCCC3)n2)cs1. The van der Waals surface area contributed by atoms with E-state index in [-0.39, 0.29) is 21.8 Å². The molecule has 0 atom stereocenters. The topological polar surface area (TPSA) is 115 Å². The summed E-state index contributed by atoms with van der Waals surface area (Å²) in [6.07, 6.45) is 1.91. The molecule has 0 spiro atoms. The monoisotopic (exact) mass is 448 g/mol. The lowest BCUT2D eigenvalue weighted by Gasteiger charge is -2.11. The molecule has 2 aromatic heterocycles.